The number of piperidine rings is 1. The topological polar surface area (TPSA) is 99.0 Å². The Bertz CT molecular complexity index is 831. The molecular formula is C16H17N5O2S. The summed E-state index contributed by atoms with van der Waals surface area (Å²) in [7, 11) is -3.48. The normalized spacial score (nSPS) is 18.0. The Morgan fingerprint density at radius 3 is 2.62 bits per heavy atom. The molecule has 0 radical (unpaired) electrons. The van der Waals surface area contributed by atoms with Gasteiger partial charge in [-0.05, 0) is 37.1 Å². The third-order valence-corrected chi connectivity index (χ3v) is 5.72. The summed E-state index contributed by atoms with van der Waals surface area (Å²) in [5, 5.41) is 16.1. The van der Waals surface area contributed by atoms with E-state index >= 15 is 0 Å². The Hall–Kier alpha value is -2.66. The van der Waals surface area contributed by atoms with E-state index in [0.29, 0.717) is 24.5 Å². The molecule has 8 heteroatoms. The van der Waals surface area contributed by atoms with Gasteiger partial charge in [0.2, 0.25) is 10.0 Å². The van der Waals surface area contributed by atoms with Crippen molar-refractivity contribution in [2.45, 2.75) is 18.1 Å². The van der Waals surface area contributed by atoms with Gasteiger partial charge in [-0.25, -0.2) is 8.42 Å². The fourth-order valence-electron chi connectivity index (χ4n) is 2.71. The number of nitrogens with one attached hydrogen (secondary N) is 1. The van der Waals surface area contributed by atoms with E-state index in [1.165, 1.54) is 0 Å². The number of nitrogens with zero attached hydrogens (tertiary/aromatic N) is 4. The monoisotopic (exact) mass is 343 g/mol. The number of aromatic nitrogens is 2. The van der Waals surface area contributed by atoms with E-state index in [0.717, 1.165) is 13.0 Å². The molecule has 1 atom stereocenters. The second-order valence-electron chi connectivity index (χ2n) is 5.61. The quantitative estimate of drug-likeness (QED) is 0.908. The SMILES string of the molecule is N#Cc1ccc(N2CCC[C@H](S(=O)(=O)Nc3ccccc3)C2)nn1. The second kappa shape index (κ2) is 6.84. The van der Waals surface area contributed by atoms with Crippen molar-refractivity contribution in [1.29, 1.82) is 5.26 Å². The van der Waals surface area contributed by atoms with Crippen molar-refractivity contribution in [3.05, 3.63) is 48.2 Å². The van der Waals surface area contributed by atoms with E-state index in [4.69, 9.17) is 5.26 Å². The molecule has 0 spiro atoms. The fraction of sp³-hybridized carbons (Fsp3) is 0.312. The summed E-state index contributed by atoms with van der Waals surface area (Å²) < 4.78 is 27.9. The highest BCUT2D eigenvalue weighted by molar-refractivity contribution is 7.93. The average molecular weight is 343 g/mol. The minimum absolute atomic E-state index is 0.241. The first-order valence-electron chi connectivity index (χ1n) is 7.64. The van der Waals surface area contributed by atoms with Crippen molar-refractivity contribution in [2.75, 3.05) is 22.7 Å². The lowest BCUT2D eigenvalue weighted by atomic mass is 10.1. The van der Waals surface area contributed by atoms with E-state index in [9.17, 15) is 8.42 Å². The van der Waals surface area contributed by atoms with Crippen LogP contribution in [0.4, 0.5) is 11.5 Å². The number of nitriles is 1. The molecule has 0 amide bonds. The molecular weight excluding hydrogens is 326 g/mol. The number of rotatable bonds is 4. The largest absolute Gasteiger partial charge is 0.354 e. The van der Waals surface area contributed by atoms with Gasteiger partial charge in [0.05, 0.1) is 5.25 Å². The Labute approximate surface area is 141 Å². The van der Waals surface area contributed by atoms with Crippen LogP contribution in [0, 0.1) is 11.3 Å². The summed E-state index contributed by atoms with van der Waals surface area (Å²) in [6, 6.07) is 14.1. The summed E-state index contributed by atoms with van der Waals surface area (Å²) in [4.78, 5) is 1.90. The predicted octanol–water partition coefficient (Wildman–Crippen LogP) is 1.76. The molecule has 1 saturated heterocycles. The molecule has 124 valence electrons. The summed E-state index contributed by atoms with van der Waals surface area (Å²) in [6.07, 6.45) is 1.35. The van der Waals surface area contributed by atoms with Gasteiger partial charge >= 0.3 is 0 Å². The highest BCUT2D eigenvalue weighted by Gasteiger charge is 2.31. The van der Waals surface area contributed by atoms with Crippen LogP contribution in [0.15, 0.2) is 42.5 Å². The van der Waals surface area contributed by atoms with Gasteiger partial charge in [0.25, 0.3) is 0 Å². The van der Waals surface area contributed by atoms with E-state index < -0.39 is 15.3 Å². The third kappa shape index (κ3) is 3.63. The molecule has 1 fully saturated rings. The number of sulfonamides is 1. The predicted molar refractivity (Wildman–Crippen MR) is 91.0 cm³/mol. The molecule has 2 heterocycles. The summed E-state index contributed by atoms with van der Waals surface area (Å²) in [5.74, 6) is 0.591. The van der Waals surface area contributed by atoms with Crippen LogP contribution in [0.1, 0.15) is 18.5 Å². The van der Waals surface area contributed by atoms with Crippen LogP contribution >= 0.6 is 0 Å². The first-order chi connectivity index (χ1) is 11.6. The highest BCUT2D eigenvalue weighted by Crippen LogP contribution is 2.23. The number of anilines is 2. The molecule has 1 aromatic heterocycles. The summed E-state index contributed by atoms with van der Waals surface area (Å²) in [5.41, 5.74) is 0.804. The second-order valence-corrected chi connectivity index (χ2v) is 7.57. The lowest BCUT2D eigenvalue weighted by molar-refractivity contribution is 0.532. The van der Waals surface area contributed by atoms with E-state index in [-0.39, 0.29) is 5.69 Å². The lowest BCUT2D eigenvalue weighted by Crippen LogP contribution is -2.44. The Morgan fingerprint density at radius 2 is 1.96 bits per heavy atom. The van der Waals surface area contributed by atoms with Crippen molar-refractivity contribution in [3.8, 4) is 6.07 Å². The fourth-order valence-corrected chi connectivity index (χ4v) is 4.19. The maximum Gasteiger partial charge on any atom is 0.237 e. The lowest BCUT2D eigenvalue weighted by Gasteiger charge is -2.33. The van der Waals surface area contributed by atoms with E-state index in [1.54, 1.807) is 36.4 Å². The van der Waals surface area contributed by atoms with Gasteiger partial charge in [0, 0.05) is 18.8 Å². The molecule has 0 bridgehead atoms. The van der Waals surface area contributed by atoms with Gasteiger partial charge in [-0.1, -0.05) is 18.2 Å². The van der Waals surface area contributed by atoms with Gasteiger partial charge in [-0.3, -0.25) is 4.72 Å². The molecule has 7 nitrogen and oxygen atoms in total. The van der Waals surface area contributed by atoms with Crippen LogP contribution in [0.2, 0.25) is 0 Å². The zero-order chi connectivity index (χ0) is 17.0. The molecule has 24 heavy (non-hydrogen) atoms. The van der Waals surface area contributed by atoms with Gasteiger partial charge in [0.1, 0.15) is 6.07 Å². The maximum absolute atomic E-state index is 12.6. The van der Waals surface area contributed by atoms with Crippen LogP contribution < -0.4 is 9.62 Å². The zero-order valence-electron chi connectivity index (χ0n) is 13.0. The molecule has 3 rings (SSSR count). The Morgan fingerprint density at radius 1 is 1.17 bits per heavy atom. The van der Waals surface area contributed by atoms with Gasteiger partial charge in [-0.15, -0.1) is 10.2 Å². The molecule has 0 aliphatic carbocycles. The number of hydrogen-bond acceptors (Lipinski definition) is 6. The van der Waals surface area contributed by atoms with E-state index in [2.05, 4.69) is 14.9 Å². The van der Waals surface area contributed by atoms with Crippen LogP contribution in [0.25, 0.3) is 0 Å². The van der Waals surface area contributed by atoms with Crippen molar-refractivity contribution >= 4 is 21.5 Å². The van der Waals surface area contributed by atoms with Crippen molar-refractivity contribution < 1.29 is 8.42 Å². The molecule has 0 unspecified atom stereocenters. The third-order valence-electron chi connectivity index (χ3n) is 3.94. The Kier molecular flexibility index (Phi) is 4.62. The minimum atomic E-state index is -3.48. The molecule has 1 aliphatic heterocycles. The van der Waals surface area contributed by atoms with Crippen LogP contribution in [-0.2, 0) is 10.0 Å². The summed E-state index contributed by atoms with van der Waals surface area (Å²) >= 11 is 0. The smallest absolute Gasteiger partial charge is 0.237 e. The molecule has 1 N–H and O–H groups in total. The van der Waals surface area contributed by atoms with Crippen molar-refractivity contribution in [2.24, 2.45) is 0 Å². The first-order valence-corrected chi connectivity index (χ1v) is 9.18. The van der Waals surface area contributed by atoms with Crippen LogP contribution in [0.3, 0.4) is 0 Å². The van der Waals surface area contributed by atoms with Gasteiger partial charge < -0.3 is 4.90 Å². The van der Waals surface area contributed by atoms with E-state index in [1.807, 2.05) is 17.0 Å². The van der Waals surface area contributed by atoms with Crippen LogP contribution in [-0.4, -0.2) is 37.0 Å². The number of hydrogen-bond donors (Lipinski definition) is 1. The molecule has 1 aliphatic rings. The Balaban J connectivity index is 1.73. The maximum atomic E-state index is 12.6. The molecule has 2 aromatic rings. The summed E-state index contributed by atoms with van der Waals surface area (Å²) in [6.45, 7) is 1.07. The molecule has 0 saturated carbocycles. The van der Waals surface area contributed by atoms with Gasteiger partial charge in [0.15, 0.2) is 11.5 Å². The number of para-hydroxylation sites is 1. The highest BCUT2D eigenvalue weighted by atomic mass is 32.2. The average Bonchev–Trinajstić information content (AvgIpc) is 2.62. The standard InChI is InChI=1S/C16H17N5O2S/c17-11-14-8-9-16(19-18-14)21-10-4-7-15(12-21)24(22,23)20-13-5-2-1-3-6-13/h1-3,5-6,8-9,15,20H,4,7,10,12H2/t15-/m0/s1. The zero-order valence-corrected chi connectivity index (χ0v) is 13.8. The first kappa shape index (κ1) is 16.2. The van der Waals surface area contributed by atoms with Crippen LogP contribution in [0.5, 0.6) is 0 Å². The molecule has 1 aromatic carbocycles. The number of benzene rings is 1. The van der Waals surface area contributed by atoms with Crippen molar-refractivity contribution in [3.63, 3.8) is 0 Å². The minimum Gasteiger partial charge on any atom is -0.354 e. The van der Waals surface area contributed by atoms with Gasteiger partial charge in [-0.2, -0.15) is 5.26 Å². The van der Waals surface area contributed by atoms with Crippen molar-refractivity contribution in [1.82, 2.24) is 10.2 Å².